The van der Waals surface area contributed by atoms with Gasteiger partial charge in [-0.25, -0.2) is 4.68 Å². The molecule has 1 saturated carbocycles. The Labute approximate surface area is 165 Å². The molecule has 2 aromatic rings. The molecule has 1 aromatic carbocycles. The summed E-state index contributed by atoms with van der Waals surface area (Å²) in [4.78, 5) is 0. The van der Waals surface area contributed by atoms with Crippen LogP contribution in [0.15, 0.2) is 47.7 Å². The van der Waals surface area contributed by atoms with Gasteiger partial charge in [-0.05, 0) is 48.7 Å². The van der Waals surface area contributed by atoms with Gasteiger partial charge in [0.05, 0.1) is 12.7 Å². The summed E-state index contributed by atoms with van der Waals surface area (Å²) in [5.74, 6) is 0.654. The topological polar surface area (TPSA) is 67.1 Å². The summed E-state index contributed by atoms with van der Waals surface area (Å²) in [5.41, 5.74) is 4.85. The van der Waals surface area contributed by atoms with Gasteiger partial charge in [-0.2, -0.15) is 5.10 Å². The van der Waals surface area contributed by atoms with Crippen LogP contribution in [0.5, 0.6) is 0 Å². The lowest BCUT2D eigenvalue weighted by Crippen LogP contribution is -2.44. The van der Waals surface area contributed by atoms with Crippen molar-refractivity contribution in [2.75, 3.05) is 0 Å². The van der Waals surface area contributed by atoms with Crippen molar-refractivity contribution >= 4 is 29.6 Å². The zero-order chi connectivity index (χ0) is 18.9. The SMILES string of the molecule is C[C@@H]1CCCC[C@H]1NC(=S)N/N=C\C=C\c1cn(Cc2ccccc2)nn1. The number of nitrogens with one attached hydrogen (secondary N) is 2. The number of hydrazone groups is 1. The van der Waals surface area contributed by atoms with Crippen LogP contribution in [0.3, 0.4) is 0 Å². The fourth-order valence-corrected chi connectivity index (χ4v) is 3.45. The number of benzene rings is 1. The molecule has 0 bridgehead atoms. The molecule has 0 saturated heterocycles. The highest BCUT2D eigenvalue weighted by Gasteiger charge is 2.21. The van der Waals surface area contributed by atoms with E-state index in [0.717, 1.165) is 5.69 Å². The van der Waals surface area contributed by atoms with Crippen LogP contribution in [0, 0.1) is 5.92 Å². The quantitative estimate of drug-likeness (QED) is 0.455. The van der Waals surface area contributed by atoms with Crippen LogP contribution in [-0.4, -0.2) is 32.4 Å². The lowest BCUT2D eigenvalue weighted by molar-refractivity contribution is 0.308. The lowest BCUT2D eigenvalue weighted by Gasteiger charge is -2.30. The molecule has 27 heavy (non-hydrogen) atoms. The van der Waals surface area contributed by atoms with E-state index < -0.39 is 0 Å². The highest BCUT2D eigenvalue weighted by Crippen LogP contribution is 2.23. The molecule has 1 aliphatic carbocycles. The van der Waals surface area contributed by atoms with Crippen molar-refractivity contribution in [3.05, 3.63) is 53.9 Å². The van der Waals surface area contributed by atoms with E-state index in [1.165, 1.54) is 31.2 Å². The van der Waals surface area contributed by atoms with Gasteiger partial charge in [0.1, 0.15) is 5.69 Å². The molecule has 0 unspecified atom stereocenters. The molecule has 7 heteroatoms. The minimum Gasteiger partial charge on any atom is -0.358 e. The Balaban J connectivity index is 1.41. The summed E-state index contributed by atoms with van der Waals surface area (Å²) in [6.07, 6.45) is 12.3. The van der Waals surface area contributed by atoms with Crippen LogP contribution in [0.25, 0.3) is 6.08 Å². The van der Waals surface area contributed by atoms with Crippen LogP contribution >= 0.6 is 12.2 Å². The molecule has 0 radical (unpaired) electrons. The van der Waals surface area contributed by atoms with E-state index in [1.54, 1.807) is 6.21 Å². The van der Waals surface area contributed by atoms with Gasteiger partial charge >= 0.3 is 0 Å². The maximum Gasteiger partial charge on any atom is 0.187 e. The lowest BCUT2D eigenvalue weighted by atomic mass is 9.86. The van der Waals surface area contributed by atoms with Gasteiger partial charge < -0.3 is 5.32 Å². The molecule has 6 nitrogen and oxygen atoms in total. The van der Waals surface area contributed by atoms with Crippen molar-refractivity contribution < 1.29 is 0 Å². The summed E-state index contributed by atoms with van der Waals surface area (Å²) in [7, 11) is 0. The standard InChI is InChI=1S/C20H26N6S/c1-16-8-5-6-12-19(16)22-20(27)24-21-13-7-11-18-15-26(25-23-18)14-17-9-3-2-4-10-17/h2-4,7,9-11,13,15-16,19H,5-6,8,12,14H2,1H3,(H2,22,24,27)/b11-7+,21-13-/t16-,19-/m1/s1. The van der Waals surface area contributed by atoms with E-state index in [-0.39, 0.29) is 0 Å². The highest BCUT2D eigenvalue weighted by molar-refractivity contribution is 7.80. The van der Waals surface area contributed by atoms with Crippen LogP contribution in [-0.2, 0) is 6.54 Å². The first-order valence-electron chi connectivity index (χ1n) is 9.41. The Hall–Kier alpha value is -2.54. The normalized spacial score (nSPS) is 20.2. The average molecular weight is 383 g/mol. The van der Waals surface area contributed by atoms with Gasteiger partial charge in [0.2, 0.25) is 0 Å². The Kier molecular flexibility index (Phi) is 7.10. The van der Waals surface area contributed by atoms with Crippen molar-refractivity contribution in [2.45, 2.75) is 45.2 Å². The summed E-state index contributed by atoms with van der Waals surface area (Å²) >= 11 is 5.31. The maximum absolute atomic E-state index is 5.31. The molecular weight excluding hydrogens is 356 g/mol. The first-order valence-corrected chi connectivity index (χ1v) is 9.82. The first-order chi connectivity index (χ1) is 13.2. The molecule has 142 valence electrons. The van der Waals surface area contributed by atoms with Gasteiger partial charge in [0.15, 0.2) is 5.11 Å². The van der Waals surface area contributed by atoms with Crippen molar-refractivity contribution in [2.24, 2.45) is 11.0 Å². The second-order valence-corrected chi connectivity index (χ2v) is 7.33. The van der Waals surface area contributed by atoms with E-state index in [4.69, 9.17) is 12.2 Å². The molecular formula is C20H26N6S. The number of hydrogen-bond acceptors (Lipinski definition) is 4. The Bertz CT molecular complexity index is 783. The summed E-state index contributed by atoms with van der Waals surface area (Å²) in [6, 6.07) is 10.6. The third-order valence-corrected chi connectivity index (χ3v) is 4.97. The van der Waals surface area contributed by atoms with Crippen molar-refractivity contribution in [3.8, 4) is 0 Å². The molecule has 1 fully saturated rings. The van der Waals surface area contributed by atoms with Crippen LogP contribution in [0.1, 0.15) is 43.9 Å². The number of thiocarbonyl (C=S) groups is 1. The van der Waals surface area contributed by atoms with E-state index in [9.17, 15) is 0 Å². The highest BCUT2D eigenvalue weighted by atomic mass is 32.1. The monoisotopic (exact) mass is 382 g/mol. The Morgan fingerprint density at radius 1 is 1.30 bits per heavy atom. The molecule has 3 rings (SSSR count). The molecule has 1 aliphatic rings. The predicted molar refractivity (Wildman–Crippen MR) is 113 cm³/mol. The molecule has 1 heterocycles. The summed E-state index contributed by atoms with van der Waals surface area (Å²) in [6.45, 7) is 2.98. The van der Waals surface area contributed by atoms with Gasteiger partial charge in [-0.1, -0.05) is 55.3 Å². The second-order valence-electron chi connectivity index (χ2n) is 6.92. The molecule has 2 atom stereocenters. The average Bonchev–Trinajstić information content (AvgIpc) is 3.11. The van der Waals surface area contributed by atoms with Crippen molar-refractivity contribution in [3.63, 3.8) is 0 Å². The predicted octanol–water partition coefficient (Wildman–Crippen LogP) is 3.37. The van der Waals surface area contributed by atoms with Gasteiger partial charge in [0.25, 0.3) is 0 Å². The smallest absolute Gasteiger partial charge is 0.187 e. The van der Waals surface area contributed by atoms with Crippen molar-refractivity contribution in [1.29, 1.82) is 0 Å². The van der Waals surface area contributed by atoms with E-state index in [0.29, 0.717) is 23.6 Å². The molecule has 0 amide bonds. The third-order valence-electron chi connectivity index (χ3n) is 4.77. The number of hydrogen-bond donors (Lipinski definition) is 2. The summed E-state index contributed by atoms with van der Waals surface area (Å²) < 4.78 is 1.81. The molecule has 1 aromatic heterocycles. The fourth-order valence-electron chi connectivity index (χ4n) is 3.25. The third kappa shape index (κ3) is 6.29. The first kappa shape index (κ1) is 19.2. The molecule has 2 N–H and O–H groups in total. The number of aromatic nitrogens is 3. The maximum atomic E-state index is 5.31. The van der Waals surface area contributed by atoms with Gasteiger partial charge in [-0.3, -0.25) is 5.43 Å². The molecule has 0 spiro atoms. The molecule has 0 aliphatic heterocycles. The zero-order valence-electron chi connectivity index (χ0n) is 15.6. The number of nitrogens with zero attached hydrogens (tertiary/aromatic N) is 4. The fraction of sp³-hybridized carbons (Fsp3) is 0.400. The minimum atomic E-state index is 0.448. The zero-order valence-corrected chi connectivity index (χ0v) is 16.4. The van der Waals surface area contributed by atoms with E-state index in [2.05, 4.69) is 45.2 Å². The van der Waals surface area contributed by atoms with Crippen LogP contribution in [0.4, 0.5) is 0 Å². The van der Waals surface area contributed by atoms with Gasteiger partial charge in [0, 0.05) is 12.3 Å². The van der Waals surface area contributed by atoms with Crippen LogP contribution < -0.4 is 10.7 Å². The van der Waals surface area contributed by atoms with Gasteiger partial charge in [-0.15, -0.1) is 5.10 Å². The number of rotatable bonds is 6. The Morgan fingerprint density at radius 3 is 2.93 bits per heavy atom. The number of allylic oxidation sites excluding steroid dienone is 1. The van der Waals surface area contributed by atoms with Crippen LogP contribution in [0.2, 0.25) is 0 Å². The van der Waals surface area contributed by atoms with E-state index in [1.807, 2.05) is 41.2 Å². The largest absolute Gasteiger partial charge is 0.358 e. The Morgan fingerprint density at radius 2 is 2.11 bits per heavy atom. The second kappa shape index (κ2) is 9.97. The minimum absolute atomic E-state index is 0.448. The van der Waals surface area contributed by atoms with E-state index >= 15 is 0 Å². The van der Waals surface area contributed by atoms with Crippen molar-refractivity contribution in [1.82, 2.24) is 25.7 Å². The summed E-state index contributed by atoms with van der Waals surface area (Å²) in [5, 5.41) is 16.3.